The van der Waals surface area contributed by atoms with Crippen molar-refractivity contribution in [2.24, 2.45) is 5.10 Å². The van der Waals surface area contributed by atoms with E-state index in [4.69, 9.17) is 44.9 Å². The lowest BCUT2D eigenvalue weighted by Crippen LogP contribution is -2.22. The molecule has 11 heteroatoms. The van der Waals surface area contributed by atoms with Crippen molar-refractivity contribution in [1.82, 2.24) is 5.01 Å². The molecule has 1 saturated heterocycles. The summed E-state index contributed by atoms with van der Waals surface area (Å²) in [5.41, 5.74) is 0.901. The molecule has 2 N–H and O–H groups in total. The normalized spacial score (nSPS) is 15.5. The highest BCUT2D eigenvalue weighted by Gasteiger charge is 2.32. The van der Waals surface area contributed by atoms with E-state index in [0.717, 1.165) is 16.8 Å². The fraction of sp³-hybridized carbons (Fsp3) is 0.105. The third kappa shape index (κ3) is 4.49. The van der Waals surface area contributed by atoms with E-state index in [2.05, 4.69) is 5.10 Å². The molecule has 2 aromatic carbocycles. The van der Waals surface area contributed by atoms with Crippen LogP contribution in [0.3, 0.4) is 0 Å². The summed E-state index contributed by atoms with van der Waals surface area (Å²) >= 11 is 18.6. The quantitative estimate of drug-likeness (QED) is 0.362. The first-order valence-corrected chi connectivity index (χ1v) is 10.2. The number of aromatic hydroxyl groups is 2. The lowest BCUT2D eigenvalue weighted by Gasteiger charge is -2.09. The van der Waals surface area contributed by atoms with Crippen LogP contribution in [-0.4, -0.2) is 45.9 Å². The molecule has 1 aliphatic heterocycles. The number of carbonyl (C=O) groups excluding carboxylic acids is 1. The van der Waals surface area contributed by atoms with Gasteiger partial charge in [-0.1, -0.05) is 35.0 Å². The van der Waals surface area contributed by atoms with Gasteiger partial charge in [0.05, 0.1) is 35.4 Å². The number of phenolic OH excluding ortho intramolecular Hbond substituents is 2. The molecule has 1 amide bonds. The lowest BCUT2D eigenvalue weighted by atomic mass is 10.2. The van der Waals surface area contributed by atoms with Crippen molar-refractivity contribution < 1.29 is 24.5 Å². The first kappa shape index (κ1) is 22.2. The van der Waals surface area contributed by atoms with Gasteiger partial charge in [-0.25, -0.2) is 0 Å². The average Bonchev–Trinajstić information content (AvgIpc) is 2.96. The van der Waals surface area contributed by atoms with Gasteiger partial charge in [0, 0.05) is 17.7 Å². The van der Waals surface area contributed by atoms with Crippen molar-refractivity contribution >= 4 is 69.7 Å². The molecule has 0 bridgehead atoms. The number of benzene rings is 2. The van der Waals surface area contributed by atoms with E-state index in [-0.39, 0.29) is 37.4 Å². The van der Waals surface area contributed by atoms with Crippen molar-refractivity contribution in [3.05, 3.63) is 50.3 Å². The Labute approximate surface area is 191 Å². The van der Waals surface area contributed by atoms with Crippen molar-refractivity contribution in [1.29, 1.82) is 0 Å². The largest absolute Gasteiger partial charge is 0.504 e. The van der Waals surface area contributed by atoms with Gasteiger partial charge >= 0.3 is 0 Å². The number of methoxy groups -OCH3 is 2. The number of hydrogen-bond donors (Lipinski definition) is 2. The fourth-order valence-corrected chi connectivity index (χ4v) is 4.06. The predicted molar refractivity (Wildman–Crippen MR) is 122 cm³/mol. The second-order valence-electron chi connectivity index (χ2n) is 5.83. The Hall–Kier alpha value is -2.46. The summed E-state index contributed by atoms with van der Waals surface area (Å²) in [6.07, 6.45) is 2.88. The summed E-state index contributed by atoms with van der Waals surface area (Å²) in [6.45, 7) is 0. The molecule has 156 valence electrons. The van der Waals surface area contributed by atoms with E-state index in [9.17, 15) is 15.0 Å². The van der Waals surface area contributed by atoms with Crippen LogP contribution in [0.25, 0.3) is 6.08 Å². The van der Waals surface area contributed by atoms with Gasteiger partial charge in [0.15, 0.2) is 27.3 Å². The summed E-state index contributed by atoms with van der Waals surface area (Å²) in [4.78, 5) is 13.0. The van der Waals surface area contributed by atoms with E-state index in [0.29, 0.717) is 16.0 Å². The Morgan fingerprint density at radius 2 is 1.57 bits per heavy atom. The summed E-state index contributed by atoms with van der Waals surface area (Å²) < 4.78 is 10.3. The highest BCUT2D eigenvalue weighted by molar-refractivity contribution is 8.26. The smallest absolute Gasteiger partial charge is 0.286 e. The van der Waals surface area contributed by atoms with Crippen LogP contribution in [0.5, 0.6) is 23.0 Å². The Bertz CT molecular complexity index is 1100. The Balaban J connectivity index is 1.89. The molecule has 0 aliphatic carbocycles. The molecule has 0 saturated carbocycles. The van der Waals surface area contributed by atoms with Crippen LogP contribution >= 0.6 is 47.2 Å². The van der Waals surface area contributed by atoms with Crippen LogP contribution in [0.2, 0.25) is 10.0 Å². The summed E-state index contributed by atoms with van der Waals surface area (Å²) in [5, 5.41) is 25.2. The second kappa shape index (κ2) is 9.13. The highest BCUT2D eigenvalue weighted by Crippen LogP contribution is 2.38. The number of rotatable bonds is 5. The number of halogens is 2. The standard InChI is InChI=1S/C19H14Cl2N2O5S2/c1-27-15-3-9(11(20)6-13(15)24)5-17-18(26)23(19(29)30-17)22-8-10-4-16(28-2)14(25)7-12(10)21/h3-8,24-25H,1-2H3. The molecule has 1 aliphatic rings. The SMILES string of the molecule is COc1cc(C=NN2C(=O)C(=Cc3cc(OC)c(O)cc3Cl)SC2=S)c(Cl)cc1O. The van der Waals surface area contributed by atoms with Gasteiger partial charge in [0.25, 0.3) is 5.91 Å². The third-order valence-corrected chi connectivity index (χ3v) is 5.91. The van der Waals surface area contributed by atoms with E-state index in [1.807, 2.05) is 0 Å². The van der Waals surface area contributed by atoms with Crippen molar-refractivity contribution in [3.8, 4) is 23.0 Å². The molecule has 1 heterocycles. The van der Waals surface area contributed by atoms with E-state index in [1.165, 1.54) is 50.8 Å². The number of phenols is 2. The lowest BCUT2D eigenvalue weighted by molar-refractivity contribution is -0.122. The molecule has 2 aromatic rings. The fourth-order valence-electron chi connectivity index (χ4n) is 2.47. The summed E-state index contributed by atoms with van der Waals surface area (Å²) in [6, 6.07) is 5.63. The van der Waals surface area contributed by atoms with Crippen LogP contribution in [0.1, 0.15) is 11.1 Å². The van der Waals surface area contributed by atoms with Gasteiger partial charge in [-0.2, -0.15) is 10.1 Å². The molecule has 0 atom stereocenters. The van der Waals surface area contributed by atoms with Crippen LogP contribution in [0, 0.1) is 0 Å². The molecular weight excluding hydrogens is 471 g/mol. The minimum Gasteiger partial charge on any atom is -0.504 e. The van der Waals surface area contributed by atoms with Gasteiger partial charge in [-0.3, -0.25) is 4.79 Å². The molecule has 7 nitrogen and oxygen atoms in total. The van der Waals surface area contributed by atoms with Gasteiger partial charge < -0.3 is 19.7 Å². The molecule has 0 radical (unpaired) electrons. The zero-order chi connectivity index (χ0) is 22.0. The Morgan fingerprint density at radius 3 is 2.13 bits per heavy atom. The van der Waals surface area contributed by atoms with Gasteiger partial charge in [0.2, 0.25) is 0 Å². The molecule has 0 aromatic heterocycles. The molecule has 0 spiro atoms. The van der Waals surface area contributed by atoms with E-state index in [1.54, 1.807) is 0 Å². The summed E-state index contributed by atoms with van der Waals surface area (Å²) in [5.74, 6) is -0.254. The maximum atomic E-state index is 12.8. The number of amides is 1. The predicted octanol–water partition coefficient (Wildman–Crippen LogP) is 4.66. The maximum absolute atomic E-state index is 12.8. The zero-order valence-corrected chi connectivity index (χ0v) is 18.7. The monoisotopic (exact) mass is 484 g/mol. The van der Waals surface area contributed by atoms with Crippen LogP contribution < -0.4 is 9.47 Å². The molecular formula is C19H14Cl2N2O5S2. The molecule has 0 unspecified atom stereocenters. The first-order valence-electron chi connectivity index (χ1n) is 8.20. The number of carbonyl (C=O) groups is 1. The van der Waals surface area contributed by atoms with Gasteiger partial charge in [-0.05, 0) is 36.0 Å². The number of ether oxygens (including phenoxy) is 2. The minimum atomic E-state index is -0.453. The number of thiocarbonyl (C=S) groups is 1. The zero-order valence-electron chi connectivity index (χ0n) is 15.6. The molecule has 3 rings (SSSR count). The van der Waals surface area contributed by atoms with Crippen LogP contribution in [0.15, 0.2) is 34.3 Å². The topological polar surface area (TPSA) is 91.6 Å². The van der Waals surface area contributed by atoms with E-state index >= 15 is 0 Å². The number of hydrazone groups is 1. The van der Waals surface area contributed by atoms with Crippen molar-refractivity contribution in [2.45, 2.75) is 0 Å². The maximum Gasteiger partial charge on any atom is 0.286 e. The summed E-state index contributed by atoms with van der Waals surface area (Å²) in [7, 11) is 2.81. The minimum absolute atomic E-state index is 0.113. The van der Waals surface area contributed by atoms with Crippen LogP contribution in [-0.2, 0) is 4.79 Å². The van der Waals surface area contributed by atoms with Crippen molar-refractivity contribution in [2.75, 3.05) is 14.2 Å². The Kier molecular flexibility index (Phi) is 6.77. The number of hydrogen-bond acceptors (Lipinski definition) is 8. The second-order valence-corrected chi connectivity index (χ2v) is 8.32. The average molecular weight is 485 g/mol. The first-order chi connectivity index (χ1) is 14.2. The number of nitrogens with zero attached hydrogens (tertiary/aromatic N) is 2. The molecule has 1 fully saturated rings. The molecule has 30 heavy (non-hydrogen) atoms. The third-order valence-electron chi connectivity index (χ3n) is 3.97. The van der Waals surface area contributed by atoms with Gasteiger partial charge in [-0.15, -0.1) is 0 Å². The highest BCUT2D eigenvalue weighted by atomic mass is 35.5. The van der Waals surface area contributed by atoms with Crippen LogP contribution in [0.4, 0.5) is 0 Å². The number of thioether (sulfide) groups is 1. The van der Waals surface area contributed by atoms with Crippen molar-refractivity contribution in [3.63, 3.8) is 0 Å². The van der Waals surface area contributed by atoms with Gasteiger partial charge in [0.1, 0.15) is 0 Å². The Morgan fingerprint density at radius 1 is 1.03 bits per heavy atom. The van der Waals surface area contributed by atoms with E-state index < -0.39 is 5.91 Å².